The fourth-order valence-electron chi connectivity index (χ4n) is 1.92. The van der Waals surface area contributed by atoms with Gasteiger partial charge in [-0.15, -0.1) is 0 Å². The quantitative estimate of drug-likeness (QED) is 0.883. The molecule has 0 atom stereocenters. The molecule has 3 N–H and O–H groups in total. The molecular weight excluding hydrogens is 268 g/mol. The molecule has 2 rings (SSSR count). The van der Waals surface area contributed by atoms with Crippen LogP contribution in [0.15, 0.2) is 48.5 Å². The summed E-state index contributed by atoms with van der Waals surface area (Å²) in [6, 6.07) is 13.6. The Balaban J connectivity index is 2.16. The molecule has 2 amide bonds. The summed E-state index contributed by atoms with van der Waals surface area (Å²) >= 11 is 0. The SMILES string of the molecule is COCc1cccc(NC(=O)c2cccc(C(N)=O)c2)c1. The number of hydrogen-bond donors (Lipinski definition) is 2. The number of nitrogens with two attached hydrogens (primary N) is 1. The van der Waals surface area contributed by atoms with Crippen molar-refractivity contribution in [1.82, 2.24) is 0 Å². The predicted octanol–water partition coefficient (Wildman–Crippen LogP) is 2.18. The number of rotatable bonds is 5. The summed E-state index contributed by atoms with van der Waals surface area (Å²) in [5.74, 6) is -0.862. The molecule has 0 saturated carbocycles. The highest BCUT2D eigenvalue weighted by Crippen LogP contribution is 2.13. The minimum Gasteiger partial charge on any atom is -0.380 e. The van der Waals surface area contributed by atoms with Gasteiger partial charge in [0.15, 0.2) is 0 Å². The van der Waals surface area contributed by atoms with E-state index >= 15 is 0 Å². The number of ether oxygens (including phenoxy) is 1. The first-order valence-corrected chi connectivity index (χ1v) is 6.39. The van der Waals surface area contributed by atoms with Crippen molar-refractivity contribution in [3.8, 4) is 0 Å². The van der Waals surface area contributed by atoms with E-state index in [-0.39, 0.29) is 5.91 Å². The molecule has 0 aliphatic heterocycles. The second-order valence-electron chi connectivity index (χ2n) is 4.53. The fourth-order valence-corrected chi connectivity index (χ4v) is 1.92. The molecule has 108 valence electrons. The van der Waals surface area contributed by atoms with E-state index < -0.39 is 5.91 Å². The van der Waals surface area contributed by atoms with E-state index in [0.29, 0.717) is 23.4 Å². The van der Waals surface area contributed by atoms with Crippen LogP contribution in [0.5, 0.6) is 0 Å². The molecular formula is C16H16N2O3. The second kappa shape index (κ2) is 6.67. The van der Waals surface area contributed by atoms with Crippen molar-refractivity contribution in [2.75, 3.05) is 12.4 Å². The topological polar surface area (TPSA) is 81.4 Å². The number of benzene rings is 2. The van der Waals surface area contributed by atoms with Crippen LogP contribution in [0.1, 0.15) is 26.3 Å². The minimum atomic E-state index is -0.563. The number of hydrogen-bond acceptors (Lipinski definition) is 3. The van der Waals surface area contributed by atoms with Crippen molar-refractivity contribution in [3.63, 3.8) is 0 Å². The van der Waals surface area contributed by atoms with Crippen LogP contribution in [0, 0.1) is 0 Å². The number of anilines is 1. The van der Waals surface area contributed by atoms with Gasteiger partial charge in [-0.1, -0.05) is 18.2 Å². The third-order valence-corrected chi connectivity index (χ3v) is 2.91. The number of carbonyl (C=O) groups is 2. The maximum Gasteiger partial charge on any atom is 0.255 e. The summed E-state index contributed by atoms with van der Waals surface area (Å²) in [6.07, 6.45) is 0. The highest BCUT2D eigenvalue weighted by atomic mass is 16.5. The Bertz CT molecular complexity index is 668. The van der Waals surface area contributed by atoms with Crippen molar-refractivity contribution in [3.05, 3.63) is 65.2 Å². The van der Waals surface area contributed by atoms with Crippen LogP contribution >= 0.6 is 0 Å². The molecule has 0 aliphatic rings. The van der Waals surface area contributed by atoms with Crippen LogP contribution in [-0.4, -0.2) is 18.9 Å². The lowest BCUT2D eigenvalue weighted by Crippen LogP contribution is -2.15. The Morgan fingerprint density at radius 3 is 2.52 bits per heavy atom. The highest BCUT2D eigenvalue weighted by Gasteiger charge is 2.09. The first kappa shape index (κ1) is 14.7. The van der Waals surface area contributed by atoms with E-state index in [9.17, 15) is 9.59 Å². The Kier molecular flexibility index (Phi) is 4.68. The molecule has 2 aromatic carbocycles. The van der Waals surface area contributed by atoms with Gasteiger partial charge in [-0.3, -0.25) is 9.59 Å². The average molecular weight is 284 g/mol. The van der Waals surface area contributed by atoms with Crippen molar-refractivity contribution in [1.29, 1.82) is 0 Å². The smallest absolute Gasteiger partial charge is 0.255 e. The monoisotopic (exact) mass is 284 g/mol. The van der Waals surface area contributed by atoms with Crippen LogP contribution in [0.25, 0.3) is 0 Å². The Morgan fingerprint density at radius 2 is 1.81 bits per heavy atom. The van der Waals surface area contributed by atoms with Crippen LogP contribution in [-0.2, 0) is 11.3 Å². The van der Waals surface area contributed by atoms with E-state index in [1.165, 1.54) is 6.07 Å². The second-order valence-corrected chi connectivity index (χ2v) is 4.53. The van der Waals surface area contributed by atoms with Gasteiger partial charge in [0, 0.05) is 23.9 Å². The summed E-state index contributed by atoms with van der Waals surface area (Å²) in [4.78, 5) is 23.3. The third kappa shape index (κ3) is 3.90. The van der Waals surface area contributed by atoms with Gasteiger partial charge < -0.3 is 15.8 Å². The normalized spacial score (nSPS) is 10.1. The lowest BCUT2D eigenvalue weighted by molar-refractivity contribution is 0.1000. The number of amides is 2. The van der Waals surface area contributed by atoms with Crippen molar-refractivity contribution in [2.24, 2.45) is 5.73 Å². The number of carbonyl (C=O) groups excluding carboxylic acids is 2. The molecule has 0 fully saturated rings. The standard InChI is InChI=1S/C16H16N2O3/c1-21-10-11-4-2-7-14(8-11)18-16(20)13-6-3-5-12(9-13)15(17)19/h2-9H,10H2,1H3,(H2,17,19)(H,18,20). The van der Waals surface area contributed by atoms with E-state index in [1.807, 2.05) is 18.2 Å². The van der Waals surface area contributed by atoms with Crippen molar-refractivity contribution < 1.29 is 14.3 Å². The van der Waals surface area contributed by atoms with Gasteiger partial charge in [0.1, 0.15) is 0 Å². The number of nitrogens with one attached hydrogen (secondary N) is 1. The zero-order valence-electron chi connectivity index (χ0n) is 11.6. The minimum absolute atomic E-state index is 0.298. The van der Waals surface area contributed by atoms with Gasteiger partial charge in [-0.25, -0.2) is 0 Å². The zero-order valence-corrected chi connectivity index (χ0v) is 11.6. The summed E-state index contributed by atoms with van der Waals surface area (Å²) in [5, 5.41) is 2.78. The van der Waals surface area contributed by atoms with Gasteiger partial charge in [0.25, 0.3) is 5.91 Å². The van der Waals surface area contributed by atoms with E-state index in [4.69, 9.17) is 10.5 Å². The van der Waals surface area contributed by atoms with Crippen LogP contribution in [0.3, 0.4) is 0 Å². The summed E-state index contributed by atoms with van der Waals surface area (Å²) in [7, 11) is 1.61. The van der Waals surface area contributed by atoms with Gasteiger partial charge >= 0.3 is 0 Å². The first-order chi connectivity index (χ1) is 10.1. The molecule has 21 heavy (non-hydrogen) atoms. The summed E-state index contributed by atoms with van der Waals surface area (Å²) in [5.41, 5.74) is 7.51. The molecule has 0 aromatic heterocycles. The largest absolute Gasteiger partial charge is 0.380 e. The van der Waals surface area contributed by atoms with Gasteiger partial charge in [-0.2, -0.15) is 0 Å². The molecule has 2 aromatic rings. The molecule has 0 saturated heterocycles. The molecule has 0 heterocycles. The molecule has 0 spiro atoms. The molecule has 5 nitrogen and oxygen atoms in total. The lowest BCUT2D eigenvalue weighted by Gasteiger charge is -2.08. The third-order valence-electron chi connectivity index (χ3n) is 2.91. The number of methoxy groups -OCH3 is 1. The van der Waals surface area contributed by atoms with Crippen LogP contribution in [0.4, 0.5) is 5.69 Å². The predicted molar refractivity (Wildman–Crippen MR) is 80.1 cm³/mol. The maximum atomic E-state index is 12.2. The first-order valence-electron chi connectivity index (χ1n) is 6.39. The molecule has 0 radical (unpaired) electrons. The van der Waals surface area contributed by atoms with Gasteiger partial charge in [0.05, 0.1) is 6.61 Å². The molecule has 0 aliphatic carbocycles. The summed E-state index contributed by atoms with van der Waals surface area (Å²) < 4.78 is 5.05. The number of primary amides is 1. The van der Waals surface area contributed by atoms with Crippen LogP contribution in [0.2, 0.25) is 0 Å². The van der Waals surface area contributed by atoms with Crippen LogP contribution < -0.4 is 11.1 Å². The van der Waals surface area contributed by atoms with E-state index in [0.717, 1.165) is 5.56 Å². The maximum absolute atomic E-state index is 12.2. The van der Waals surface area contributed by atoms with Crippen molar-refractivity contribution in [2.45, 2.75) is 6.61 Å². The Hall–Kier alpha value is -2.66. The molecule has 5 heteroatoms. The molecule has 0 bridgehead atoms. The Morgan fingerprint density at radius 1 is 1.10 bits per heavy atom. The van der Waals surface area contributed by atoms with Gasteiger partial charge in [0.2, 0.25) is 5.91 Å². The zero-order chi connectivity index (χ0) is 15.2. The van der Waals surface area contributed by atoms with E-state index in [2.05, 4.69) is 5.32 Å². The summed E-state index contributed by atoms with van der Waals surface area (Å²) in [6.45, 7) is 0.473. The fraction of sp³-hybridized carbons (Fsp3) is 0.125. The molecule has 0 unspecified atom stereocenters. The highest BCUT2D eigenvalue weighted by molar-refractivity contribution is 6.06. The Labute approximate surface area is 122 Å². The van der Waals surface area contributed by atoms with E-state index in [1.54, 1.807) is 31.4 Å². The van der Waals surface area contributed by atoms with Gasteiger partial charge in [-0.05, 0) is 35.9 Å². The lowest BCUT2D eigenvalue weighted by atomic mass is 10.1. The van der Waals surface area contributed by atoms with Crippen molar-refractivity contribution >= 4 is 17.5 Å². The average Bonchev–Trinajstić information content (AvgIpc) is 2.48.